The molecule has 2 N–H and O–H groups in total. The van der Waals surface area contributed by atoms with Gasteiger partial charge in [-0.3, -0.25) is 4.79 Å². The zero-order chi connectivity index (χ0) is 19.3. The first-order valence-corrected chi connectivity index (χ1v) is 10.1. The van der Waals surface area contributed by atoms with Gasteiger partial charge in [0.05, 0.1) is 11.3 Å². The summed E-state index contributed by atoms with van der Waals surface area (Å²) in [4.78, 5) is 17.9. The highest BCUT2D eigenvalue weighted by molar-refractivity contribution is 6.02. The van der Waals surface area contributed by atoms with Crippen LogP contribution in [0.5, 0.6) is 5.75 Å². The van der Waals surface area contributed by atoms with Crippen molar-refractivity contribution in [1.29, 1.82) is 0 Å². The highest BCUT2D eigenvalue weighted by Gasteiger charge is 2.51. The Morgan fingerprint density at radius 3 is 2.46 bits per heavy atom. The van der Waals surface area contributed by atoms with E-state index in [0.717, 1.165) is 62.2 Å². The van der Waals surface area contributed by atoms with Crippen LogP contribution < -0.4 is 5.43 Å². The maximum absolute atomic E-state index is 12.8. The molecular formula is C22H26N4O2. The van der Waals surface area contributed by atoms with Crippen molar-refractivity contribution in [2.24, 2.45) is 16.4 Å². The monoisotopic (exact) mass is 378 g/mol. The summed E-state index contributed by atoms with van der Waals surface area (Å²) in [6.07, 6.45) is 1.02. The Morgan fingerprint density at radius 1 is 1.18 bits per heavy atom. The van der Waals surface area contributed by atoms with Crippen molar-refractivity contribution >= 4 is 22.4 Å². The number of carbonyl (C=O) groups is 1. The number of hydrazone groups is 1. The quantitative estimate of drug-likeness (QED) is 0.804. The molecule has 2 aromatic carbocycles. The van der Waals surface area contributed by atoms with E-state index in [0.29, 0.717) is 5.92 Å². The van der Waals surface area contributed by atoms with Crippen LogP contribution in [0.15, 0.2) is 41.5 Å². The van der Waals surface area contributed by atoms with Crippen molar-refractivity contribution in [2.45, 2.75) is 13.3 Å². The second-order valence-electron chi connectivity index (χ2n) is 8.46. The number of hydrogen-bond acceptors (Lipinski definition) is 5. The second kappa shape index (κ2) is 6.57. The summed E-state index contributed by atoms with van der Waals surface area (Å²) in [7, 11) is 0. The van der Waals surface area contributed by atoms with Gasteiger partial charge < -0.3 is 14.9 Å². The molecule has 2 atom stereocenters. The van der Waals surface area contributed by atoms with Gasteiger partial charge >= 0.3 is 0 Å². The Hall–Kier alpha value is -2.44. The Kier molecular flexibility index (Phi) is 4.14. The molecule has 6 nitrogen and oxygen atoms in total. The number of phenols is 1. The Bertz CT molecular complexity index is 954. The average molecular weight is 378 g/mol. The Labute approximate surface area is 164 Å². The predicted molar refractivity (Wildman–Crippen MR) is 110 cm³/mol. The SMILES string of the molecule is CCC12CN3CCN(CC(C3)C1=NNC(=O)c1cc3ccccc3cc1O)C2. The number of nitrogens with one attached hydrogen (secondary N) is 1. The summed E-state index contributed by atoms with van der Waals surface area (Å²) in [5, 5.41) is 16.8. The molecule has 146 valence electrons. The minimum atomic E-state index is -0.353. The first-order chi connectivity index (χ1) is 13.6. The molecule has 4 saturated heterocycles. The molecule has 0 radical (unpaired) electrons. The van der Waals surface area contributed by atoms with Gasteiger partial charge in [0.2, 0.25) is 0 Å². The number of rotatable bonds is 3. The third-order valence-corrected chi connectivity index (χ3v) is 6.74. The summed E-state index contributed by atoms with van der Waals surface area (Å²) >= 11 is 0. The molecule has 2 aromatic rings. The molecule has 4 aliphatic rings. The molecule has 28 heavy (non-hydrogen) atoms. The van der Waals surface area contributed by atoms with Gasteiger partial charge in [-0.1, -0.05) is 31.2 Å². The van der Waals surface area contributed by atoms with E-state index in [9.17, 15) is 9.90 Å². The molecule has 4 fully saturated rings. The summed E-state index contributed by atoms with van der Waals surface area (Å²) in [6, 6.07) is 11.1. The van der Waals surface area contributed by atoms with Crippen LogP contribution in [0.3, 0.4) is 0 Å². The third kappa shape index (κ3) is 2.79. The fraction of sp³-hybridized carbons (Fsp3) is 0.455. The molecule has 0 saturated carbocycles. The average Bonchev–Trinajstić information content (AvgIpc) is 2.94. The van der Waals surface area contributed by atoms with Crippen LogP contribution in [-0.4, -0.2) is 65.8 Å². The van der Waals surface area contributed by atoms with E-state index < -0.39 is 0 Å². The fourth-order valence-corrected chi connectivity index (χ4v) is 5.30. The van der Waals surface area contributed by atoms with Gasteiger partial charge in [-0.2, -0.15) is 5.10 Å². The van der Waals surface area contributed by atoms with E-state index in [-0.39, 0.29) is 22.6 Å². The van der Waals surface area contributed by atoms with Crippen molar-refractivity contribution < 1.29 is 9.90 Å². The summed E-state index contributed by atoms with van der Waals surface area (Å²) in [5.74, 6) is 0.00500. The minimum absolute atomic E-state index is 0.0132. The summed E-state index contributed by atoms with van der Waals surface area (Å²) < 4.78 is 0. The second-order valence-corrected chi connectivity index (χ2v) is 8.46. The van der Waals surface area contributed by atoms with E-state index >= 15 is 0 Å². The molecule has 6 heteroatoms. The van der Waals surface area contributed by atoms with Crippen molar-refractivity contribution in [2.75, 3.05) is 39.3 Å². The van der Waals surface area contributed by atoms with Crippen LogP contribution in [0.1, 0.15) is 23.7 Å². The zero-order valence-electron chi connectivity index (χ0n) is 16.2. The number of phenolic OH excluding ortho intramolecular Hbond substituents is 1. The van der Waals surface area contributed by atoms with Gasteiger partial charge in [-0.25, -0.2) is 5.43 Å². The smallest absolute Gasteiger partial charge is 0.275 e. The number of carbonyl (C=O) groups excluding carboxylic acids is 1. The lowest BCUT2D eigenvalue weighted by atomic mass is 9.69. The Morgan fingerprint density at radius 2 is 1.82 bits per heavy atom. The molecule has 4 heterocycles. The highest BCUT2D eigenvalue weighted by atomic mass is 16.3. The van der Waals surface area contributed by atoms with Crippen LogP contribution in [0.4, 0.5) is 0 Å². The van der Waals surface area contributed by atoms with Gasteiger partial charge in [0.1, 0.15) is 5.75 Å². The molecule has 4 bridgehead atoms. The molecule has 0 aliphatic carbocycles. The van der Waals surface area contributed by atoms with E-state index in [1.54, 1.807) is 12.1 Å². The maximum Gasteiger partial charge on any atom is 0.275 e. The first-order valence-electron chi connectivity index (χ1n) is 10.1. The normalized spacial score (nSPS) is 32.6. The van der Waals surface area contributed by atoms with Crippen molar-refractivity contribution in [3.63, 3.8) is 0 Å². The lowest BCUT2D eigenvalue weighted by Crippen LogP contribution is -2.61. The van der Waals surface area contributed by atoms with Gasteiger partial charge in [0.15, 0.2) is 0 Å². The number of amides is 1. The number of piperidine rings is 2. The van der Waals surface area contributed by atoms with Crippen molar-refractivity contribution in [3.05, 3.63) is 42.0 Å². The molecule has 0 aromatic heterocycles. The minimum Gasteiger partial charge on any atom is -0.507 e. The predicted octanol–water partition coefficient (Wildman–Crippen LogP) is 2.29. The number of nitrogens with zero attached hydrogens (tertiary/aromatic N) is 3. The zero-order valence-corrected chi connectivity index (χ0v) is 16.2. The number of fused-ring (bicyclic) bond motifs is 2. The van der Waals surface area contributed by atoms with Crippen LogP contribution in [0.25, 0.3) is 10.8 Å². The molecular weight excluding hydrogens is 352 g/mol. The van der Waals surface area contributed by atoms with E-state index in [4.69, 9.17) is 0 Å². The van der Waals surface area contributed by atoms with Crippen LogP contribution in [0.2, 0.25) is 0 Å². The van der Waals surface area contributed by atoms with Crippen LogP contribution >= 0.6 is 0 Å². The van der Waals surface area contributed by atoms with Crippen LogP contribution in [0, 0.1) is 11.3 Å². The fourth-order valence-electron chi connectivity index (χ4n) is 5.30. The standard InChI is InChI=1S/C22H26N4O2/c1-2-22-13-25-7-8-26(14-22)12-17(11-25)20(22)23-24-21(28)18-9-15-5-3-4-6-16(15)10-19(18)27/h3-6,9-10,17,27H,2,7-8,11-14H2,1H3,(H,24,28). The van der Waals surface area contributed by atoms with Gasteiger partial charge in [-0.15, -0.1) is 0 Å². The number of benzene rings is 2. The summed E-state index contributed by atoms with van der Waals surface area (Å²) in [5.41, 5.74) is 4.19. The maximum atomic E-state index is 12.8. The third-order valence-electron chi connectivity index (χ3n) is 6.74. The number of aromatic hydroxyl groups is 1. The highest BCUT2D eigenvalue weighted by Crippen LogP contribution is 2.40. The van der Waals surface area contributed by atoms with E-state index in [1.165, 1.54) is 0 Å². The molecule has 2 unspecified atom stereocenters. The topological polar surface area (TPSA) is 68.2 Å². The largest absolute Gasteiger partial charge is 0.507 e. The van der Waals surface area contributed by atoms with Crippen molar-refractivity contribution in [1.82, 2.24) is 15.2 Å². The first kappa shape index (κ1) is 17.6. The van der Waals surface area contributed by atoms with E-state index in [2.05, 4.69) is 27.3 Å². The van der Waals surface area contributed by atoms with Gasteiger partial charge in [-0.05, 0) is 29.3 Å². The molecule has 6 rings (SSSR count). The number of hydrogen-bond donors (Lipinski definition) is 2. The lowest BCUT2D eigenvalue weighted by Gasteiger charge is -2.50. The van der Waals surface area contributed by atoms with Crippen molar-refractivity contribution in [3.8, 4) is 5.75 Å². The lowest BCUT2D eigenvalue weighted by molar-refractivity contribution is 0.0941. The van der Waals surface area contributed by atoms with Crippen LogP contribution in [-0.2, 0) is 0 Å². The molecule has 4 aliphatic heterocycles. The molecule has 1 amide bonds. The van der Waals surface area contributed by atoms with Gasteiger partial charge in [0, 0.05) is 50.6 Å². The van der Waals surface area contributed by atoms with Gasteiger partial charge in [0.25, 0.3) is 5.91 Å². The molecule has 0 spiro atoms. The Balaban J connectivity index is 1.44. The van der Waals surface area contributed by atoms with E-state index in [1.807, 2.05) is 24.3 Å². The summed E-state index contributed by atoms with van der Waals surface area (Å²) in [6.45, 7) is 8.56.